The molecule has 1 N–H and O–H groups in total. The zero-order chi connectivity index (χ0) is 26.9. The fraction of sp³-hybridized carbons (Fsp3) is 0.200. The van der Waals surface area contributed by atoms with Crippen LogP contribution in [0.4, 0.5) is 10.5 Å². The number of hydrogen-bond donors (Lipinski definition) is 1. The van der Waals surface area contributed by atoms with E-state index >= 15 is 0 Å². The number of amides is 1. The quantitative estimate of drug-likeness (QED) is 0.326. The number of halogens is 1. The van der Waals surface area contributed by atoms with Crippen molar-refractivity contribution in [2.75, 3.05) is 12.4 Å². The molecule has 1 amide bonds. The summed E-state index contributed by atoms with van der Waals surface area (Å²) >= 11 is 7.67. The Bertz CT molecular complexity index is 1490. The largest absolute Gasteiger partial charge is 1.00 e. The van der Waals surface area contributed by atoms with Crippen LogP contribution in [0.5, 0.6) is 5.75 Å². The van der Waals surface area contributed by atoms with Gasteiger partial charge >= 0.3 is 35.7 Å². The zero-order valence-electron chi connectivity index (χ0n) is 21.8. The Morgan fingerprint density at radius 1 is 1.00 bits per heavy atom. The summed E-state index contributed by atoms with van der Waals surface area (Å²) < 4.78 is 11.8. The molecule has 1 aliphatic rings. The molecule has 0 unspecified atom stereocenters. The number of aliphatic carboxylic acids is 1. The van der Waals surface area contributed by atoms with Gasteiger partial charge in [0.25, 0.3) is 0 Å². The fourth-order valence-electron chi connectivity index (χ4n) is 4.54. The average Bonchev–Trinajstić information content (AvgIpc) is 3.67. The molecule has 1 fully saturated rings. The van der Waals surface area contributed by atoms with Gasteiger partial charge in [-0.1, -0.05) is 78.3 Å². The van der Waals surface area contributed by atoms with Crippen LogP contribution in [0.3, 0.4) is 0 Å². The zero-order valence-corrected chi connectivity index (χ0v) is 25.4. The van der Waals surface area contributed by atoms with E-state index in [1.54, 1.807) is 13.2 Å². The topological polar surface area (TPSA) is 87.7 Å². The molecule has 0 radical (unpaired) electrons. The Morgan fingerprint density at radius 3 is 2.28 bits per heavy atom. The molecule has 1 aromatic heterocycles. The maximum atomic E-state index is 12.7. The van der Waals surface area contributed by atoms with Gasteiger partial charge in [-0.05, 0) is 54.2 Å². The first-order valence-electron chi connectivity index (χ1n) is 12.1. The van der Waals surface area contributed by atoms with Crippen LogP contribution in [0.2, 0.25) is 4.34 Å². The first-order chi connectivity index (χ1) is 18.3. The Morgan fingerprint density at radius 2 is 1.67 bits per heavy atom. The summed E-state index contributed by atoms with van der Waals surface area (Å²) in [5.74, 6) is -0.392. The first kappa shape index (κ1) is 29.2. The Kier molecular flexibility index (Phi) is 9.09. The second-order valence-corrected chi connectivity index (χ2v) is 10.9. The average molecular weight is 570 g/mol. The molecule has 39 heavy (non-hydrogen) atoms. The van der Waals surface area contributed by atoms with Crippen LogP contribution < -0.4 is 44.7 Å². The van der Waals surface area contributed by atoms with Crippen molar-refractivity contribution in [2.45, 2.75) is 31.3 Å². The monoisotopic (exact) mass is 569 g/mol. The normalized spacial score (nSPS) is 14.0. The molecule has 0 saturated heterocycles. The molecule has 1 heterocycles. The molecule has 0 spiro atoms. The summed E-state index contributed by atoms with van der Waals surface area (Å²) in [4.78, 5) is 25.0. The standard InChI is InChI=1S/C30H26ClNO5S.Na/c1-18(19-6-4-3-5-7-19)37-29(35)32-24-17-26(31)38-27(24)21-10-13-23(25(16-21)36-2)20-8-11-22(12-9-20)30(14-15-30)28(33)34;/h3-13,16-18H,14-15H2,1-2H3,(H,32,35)(H,33,34);/q;+1/p-1/t18-;/m1./s1. The van der Waals surface area contributed by atoms with E-state index in [0.717, 1.165) is 32.7 Å². The van der Waals surface area contributed by atoms with Gasteiger partial charge < -0.3 is 19.4 Å². The van der Waals surface area contributed by atoms with Crippen molar-refractivity contribution in [3.63, 3.8) is 0 Å². The molecule has 5 rings (SSSR count). The number of carbonyl (C=O) groups is 2. The van der Waals surface area contributed by atoms with Crippen molar-refractivity contribution < 1.29 is 53.7 Å². The van der Waals surface area contributed by atoms with Gasteiger partial charge in [-0.2, -0.15) is 0 Å². The van der Waals surface area contributed by atoms with Crippen LogP contribution in [0.25, 0.3) is 21.6 Å². The van der Waals surface area contributed by atoms with Crippen molar-refractivity contribution in [3.8, 4) is 27.3 Å². The number of anilines is 1. The molecule has 9 heteroatoms. The van der Waals surface area contributed by atoms with Gasteiger partial charge in [0, 0.05) is 11.0 Å². The van der Waals surface area contributed by atoms with Gasteiger partial charge in [0.05, 0.1) is 28.0 Å². The Balaban J connectivity index is 0.00000353. The van der Waals surface area contributed by atoms with E-state index in [4.69, 9.17) is 21.1 Å². The third-order valence-electron chi connectivity index (χ3n) is 6.84. The summed E-state index contributed by atoms with van der Waals surface area (Å²) in [6.07, 6.45) is 0.211. The number of carboxylic acids is 1. The van der Waals surface area contributed by atoms with Crippen LogP contribution >= 0.6 is 22.9 Å². The number of methoxy groups -OCH3 is 1. The number of ether oxygens (including phenoxy) is 2. The van der Waals surface area contributed by atoms with E-state index in [1.165, 1.54) is 11.3 Å². The SMILES string of the molecule is COc1cc(-c2sc(Cl)cc2NC(=O)O[C@H](C)c2ccccc2)ccc1-c1ccc(C2(C(=O)[O-])CC2)cc1.[Na+]. The molecular weight excluding hydrogens is 545 g/mol. The summed E-state index contributed by atoms with van der Waals surface area (Å²) in [6.45, 7) is 1.82. The van der Waals surface area contributed by atoms with Crippen molar-refractivity contribution in [3.05, 3.63) is 94.3 Å². The predicted octanol–water partition coefficient (Wildman–Crippen LogP) is 3.84. The van der Waals surface area contributed by atoms with Gasteiger partial charge in [0.15, 0.2) is 0 Å². The van der Waals surface area contributed by atoms with Crippen molar-refractivity contribution >= 4 is 40.7 Å². The van der Waals surface area contributed by atoms with E-state index in [2.05, 4.69) is 5.32 Å². The molecule has 1 aliphatic carbocycles. The van der Waals surface area contributed by atoms with E-state index in [0.29, 0.717) is 28.6 Å². The van der Waals surface area contributed by atoms with E-state index in [-0.39, 0.29) is 29.6 Å². The van der Waals surface area contributed by atoms with Crippen LogP contribution in [0, 0.1) is 0 Å². The molecule has 1 atom stereocenters. The third kappa shape index (κ3) is 6.18. The second kappa shape index (κ2) is 12.1. The smallest absolute Gasteiger partial charge is 0.549 e. The van der Waals surface area contributed by atoms with Gasteiger partial charge in [-0.25, -0.2) is 4.79 Å². The molecule has 0 aliphatic heterocycles. The van der Waals surface area contributed by atoms with Gasteiger partial charge in [-0.3, -0.25) is 5.32 Å². The molecule has 194 valence electrons. The summed E-state index contributed by atoms with van der Waals surface area (Å²) in [7, 11) is 1.59. The van der Waals surface area contributed by atoms with Gasteiger partial charge in [-0.15, -0.1) is 11.3 Å². The summed E-state index contributed by atoms with van der Waals surface area (Å²) in [6, 6.07) is 24.4. The summed E-state index contributed by atoms with van der Waals surface area (Å²) in [5.41, 5.74) is 3.91. The van der Waals surface area contributed by atoms with Crippen LogP contribution in [-0.4, -0.2) is 19.2 Å². The number of carbonyl (C=O) groups excluding carboxylic acids is 2. The third-order valence-corrected chi connectivity index (χ3v) is 8.16. The minimum absolute atomic E-state index is 0. The molecule has 0 bridgehead atoms. The minimum Gasteiger partial charge on any atom is -0.549 e. The number of nitrogens with one attached hydrogen (secondary N) is 1. The van der Waals surface area contributed by atoms with E-state index in [1.807, 2.05) is 79.7 Å². The fourth-order valence-corrected chi connectivity index (χ4v) is 5.71. The Labute approximate surface area is 258 Å². The number of rotatable bonds is 8. The molecule has 1 saturated carbocycles. The Hall–Kier alpha value is -2.81. The number of thiophene rings is 1. The molecule has 4 aromatic rings. The minimum atomic E-state index is -1.02. The first-order valence-corrected chi connectivity index (χ1v) is 13.3. The van der Waals surface area contributed by atoms with Crippen molar-refractivity contribution in [1.29, 1.82) is 0 Å². The van der Waals surface area contributed by atoms with Gasteiger partial charge in [0.1, 0.15) is 11.9 Å². The molecular formula is C30H25ClNNaO5S. The van der Waals surface area contributed by atoms with Crippen molar-refractivity contribution in [2.24, 2.45) is 0 Å². The maximum absolute atomic E-state index is 12.7. The maximum Gasteiger partial charge on any atom is 1.00 e. The van der Waals surface area contributed by atoms with E-state index < -0.39 is 23.6 Å². The van der Waals surface area contributed by atoms with Crippen molar-refractivity contribution in [1.82, 2.24) is 0 Å². The summed E-state index contributed by atoms with van der Waals surface area (Å²) in [5, 5.41) is 14.4. The van der Waals surface area contributed by atoms with Crippen LogP contribution in [0.15, 0.2) is 78.9 Å². The van der Waals surface area contributed by atoms with E-state index in [9.17, 15) is 14.7 Å². The number of benzene rings is 3. The molecule has 3 aromatic carbocycles. The number of hydrogen-bond acceptors (Lipinski definition) is 6. The van der Waals surface area contributed by atoms with Crippen LogP contribution in [-0.2, 0) is 14.9 Å². The van der Waals surface area contributed by atoms with Crippen LogP contribution in [0.1, 0.15) is 37.0 Å². The second-order valence-electron chi connectivity index (χ2n) is 9.24. The van der Waals surface area contributed by atoms with Gasteiger partial charge in [0.2, 0.25) is 0 Å². The number of carboxylic acid groups (broad SMARTS) is 1. The molecule has 6 nitrogen and oxygen atoms in total. The predicted molar refractivity (Wildman–Crippen MR) is 148 cm³/mol.